The summed E-state index contributed by atoms with van der Waals surface area (Å²) in [6, 6.07) is 1.21. The largest absolute Gasteiger partial charge is 0.372 e. The second kappa shape index (κ2) is 5.13. The SMILES string of the molecule is CNc1ncc(F)cc1C(=O)N1CCOC(C)(C)C1. The second-order valence-electron chi connectivity index (χ2n) is 5.13. The van der Waals surface area contributed by atoms with Crippen molar-refractivity contribution < 1.29 is 13.9 Å². The van der Waals surface area contributed by atoms with Gasteiger partial charge >= 0.3 is 0 Å². The average molecular weight is 267 g/mol. The molecule has 1 amide bonds. The summed E-state index contributed by atoms with van der Waals surface area (Å²) in [4.78, 5) is 18.0. The number of ether oxygens (including phenoxy) is 1. The van der Waals surface area contributed by atoms with Gasteiger partial charge < -0.3 is 15.0 Å². The molecule has 5 nitrogen and oxygen atoms in total. The van der Waals surface area contributed by atoms with E-state index in [1.165, 1.54) is 6.07 Å². The van der Waals surface area contributed by atoms with Gasteiger partial charge in [0.05, 0.1) is 24.0 Å². The fourth-order valence-electron chi connectivity index (χ4n) is 2.16. The van der Waals surface area contributed by atoms with Crippen molar-refractivity contribution in [1.82, 2.24) is 9.88 Å². The molecule has 1 aromatic heterocycles. The van der Waals surface area contributed by atoms with Crippen LogP contribution in [-0.2, 0) is 4.74 Å². The highest BCUT2D eigenvalue weighted by molar-refractivity contribution is 5.98. The lowest BCUT2D eigenvalue weighted by Gasteiger charge is -2.38. The van der Waals surface area contributed by atoms with E-state index in [2.05, 4.69) is 10.3 Å². The Morgan fingerprint density at radius 1 is 1.58 bits per heavy atom. The van der Waals surface area contributed by atoms with Crippen molar-refractivity contribution in [3.05, 3.63) is 23.6 Å². The minimum absolute atomic E-state index is 0.229. The standard InChI is InChI=1S/C13H18FN3O2/c1-13(2)8-17(4-5-19-13)12(18)10-6-9(14)7-16-11(10)15-3/h6-7H,4-5,8H2,1-3H3,(H,15,16). The van der Waals surface area contributed by atoms with Gasteiger partial charge in [0.2, 0.25) is 0 Å². The lowest BCUT2D eigenvalue weighted by molar-refractivity contribution is -0.0763. The first kappa shape index (κ1) is 13.7. The molecule has 1 saturated heterocycles. The Labute approximate surface area is 111 Å². The number of amides is 1. The third-order valence-corrected chi connectivity index (χ3v) is 3.03. The van der Waals surface area contributed by atoms with E-state index in [-0.39, 0.29) is 17.1 Å². The van der Waals surface area contributed by atoms with Crippen LogP contribution in [0.4, 0.5) is 10.2 Å². The topological polar surface area (TPSA) is 54.5 Å². The maximum Gasteiger partial charge on any atom is 0.257 e. The van der Waals surface area contributed by atoms with E-state index >= 15 is 0 Å². The van der Waals surface area contributed by atoms with Crippen molar-refractivity contribution in [1.29, 1.82) is 0 Å². The third-order valence-electron chi connectivity index (χ3n) is 3.03. The van der Waals surface area contributed by atoms with E-state index in [1.807, 2.05) is 13.8 Å². The lowest BCUT2D eigenvalue weighted by atomic mass is 10.1. The maximum atomic E-state index is 13.3. The Morgan fingerprint density at radius 2 is 2.32 bits per heavy atom. The van der Waals surface area contributed by atoms with Gasteiger partial charge in [0, 0.05) is 20.1 Å². The zero-order valence-electron chi connectivity index (χ0n) is 11.4. The zero-order chi connectivity index (χ0) is 14.0. The van der Waals surface area contributed by atoms with Crippen LogP contribution in [0.15, 0.2) is 12.3 Å². The summed E-state index contributed by atoms with van der Waals surface area (Å²) in [5.74, 6) is -0.363. The highest BCUT2D eigenvalue weighted by atomic mass is 19.1. The molecule has 6 heteroatoms. The van der Waals surface area contributed by atoms with Gasteiger partial charge in [-0.1, -0.05) is 0 Å². The molecular formula is C13H18FN3O2. The highest BCUT2D eigenvalue weighted by Gasteiger charge is 2.31. The maximum absolute atomic E-state index is 13.3. The average Bonchev–Trinajstić information content (AvgIpc) is 2.36. The number of halogens is 1. The first-order valence-electron chi connectivity index (χ1n) is 6.19. The summed E-state index contributed by atoms with van der Waals surface area (Å²) < 4.78 is 18.8. The van der Waals surface area contributed by atoms with Crippen LogP contribution >= 0.6 is 0 Å². The predicted octanol–water partition coefficient (Wildman–Crippen LogP) is 1.51. The van der Waals surface area contributed by atoms with Gasteiger partial charge in [0.1, 0.15) is 11.6 Å². The molecule has 1 N–H and O–H groups in total. The van der Waals surface area contributed by atoms with Crippen molar-refractivity contribution in [3.63, 3.8) is 0 Å². The van der Waals surface area contributed by atoms with Crippen LogP contribution in [0.1, 0.15) is 24.2 Å². The van der Waals surface area contributed by atoms with E-state index in [9.17, 15) is 9.18 Å². The number of nitrogens with zero attached hydrogens (tertiary/aromatic N) is 2. The zero-order valence-corrected chi connectivity index (χ0v) is 11.4. The smallest absolute Gasteiger partial charge is 0.257 e. The van der Waals surface area contributed by atoms with E-state index in [4.69, 9.17) is 4.74 Å². The lowest BCUT2D eigenvalue weighted by Crippen LogP contribution is -2.50. The molecule has 0 radical (unpaired) electrons. The Morgan fingerprint density at radius 3 is 2.95 bits per heavy atom. The number of hydrogen-bond donors (Lipinski definition) is 1. The monoisotopic (exact) mass is 267 g/mol. The molecule has 19 heavy (non-hydrogen) atoms. The number of rotatable bonds is 2. The van der Waals surface area contributed by atoms with Gasteiger partial charge in [0.25, 0.3) is 5.91 Å². The molecule has 0 bridgehead atoms. The van der Waals surface area contributed by atoms with Crippen LogP contribution < -0.4 is 5.32 Å². The quantitative estimate of drug-likeness (QED) is 0.882. The first-order chi connectivity index (χ1) is 8.93. The molecule has 2 rings (SSSR count). The number of morpholine rings is 1. The number of anilines is 1. The highest BCUT2D eigenvalue weighted by Crippen LogP contribution is 2.21. The minimum atomic E-state index is -0.519. The van der Waals surface area contributed by atoms with Crippen LogP contribution in [0.2, 0.25) is 0 Å². The molecule has 1 fully saturated rings. The predicted molar refractivity (Wildman–Crippen MR) is 69.7 cm³/mol. The molecule has 1 aromatic rings. The molecule has 0 aromatic carbocycles. The van der Waals surface area contributed by atoms with Crippen LogP contribution in [0.25, 0.3) is 0 Å². The fraction of sp³-hybridized carbons (Fsp3) is 0.538. The number of pyridine rings is 1. The van der Waals surface area contributed by atoms with Gasteiger partial charge in [-0.15, -0.1) is 0 Å². The first-order valence-corrected chi connectivity index (χ1v) is 6.19. The van der Waals surface area contributed by atoms with Crippen LogP contribution in [0.5, 0.6) is 0 Å². The van der Waals surface area contributed by atoms with Crippen LogP contribution in [0.3, 0.4) is 0 Å². The Balaban J connectivity index is 2.26. The van der Waals surface area contributed by atoms with Crippen molar-refractivity contribution in [3.8, 4) is 0 Å². The van der Waals surface area contributed by atoms with E-state index in [0.29, 0.717) is 25.5 Å². The van der Waals surface area contributed by atoms with E-state index in [0.717, 1.165) is 6.20 Å². The molecule has 0 aliphatic carbocycles. The normalized spacial score (nSPS) is 18.2. The summed E-state index contributed by atoms with van der Waals surface area (Å²) in [6.07, 6.45) is 1.09. The van der Waals surface area contributed by atoms with Gasteiger partial charge in [0.15, 0.2) is 0 Å². The molecular weight excluding hydrogens is 249 g/mol. The number of nitrogens with one attached hydrogen (secondary N) is 1. The molecule has 0 spiro atoms. The van der Waals surface area contributed by atoms with Crippen molar-refractivity contribution in [2.75, 3.05) is 32.1 Å². The summed E-state index contributed by atoms with van der Waals surface area (Å²) >= 11 is 0. The van der Waals surface area contributed by atoms with Crippen LogP contribution in [0, 0.1) is 5.82 Å². The number of carbonyl (C=O) groups excluding carboxylic acids is 1. The summed E-state index contributed by atoms with van der Waals surface area (Å²) in [5.41, 5.74) is -0.130. The molecule has 0 atom stereocenters. The third kappa shape index (κ3) is 3.01. The van der Waals surface area contributed by atoms with Crippen molar-refractivity contribution in [2.45, 2.75) is 19.4 Å². The van der Waals surface area contributed by atoms with Gasteiger partial charge in [-0.2, -0.15) is 0 Å². The Bertz CT molecular complexity index is 491. The second-order valence-corrected chi connectivity index (χ2v) is 5.13. The van der Waals surface area contributed by atoms with Crippen molar-refractivity contribution >= 4 is 11.7 Å². The number of carbonyl (C=O) groups is 1. The van der Waals surface area contributed by atoms with Gasteiger partial charge in [-0.3, -0.25) is 4.79 Å². The van der Waals surface area contributed by atoms with Gasteiger partial charge in [-0.25, -0.2) is 9.37 Å². The summed E-state index contributed by atoms with van der Waals surface area (Å²) in [7, 11) is 1.65. The van der Waals surface area contributed by atoms with Crippen molar-refractivity contribution in [2.24, 2.45) is 0 Å². The fourth-order valence-corrected chi connectivity index (χ4v) is 2.16. The number of hydrogen-bond acceptors (Lipinski definition) is 4. The molecule has 1 aliphatic rings. The summed E-state index contributed by atoms with van der Waals surface area (Å²) in [6.45, 7) is 5.31. The molecule has 0 unspecified atom stereocenters. The molecule has 0 saturated carbocycles. The van der Waals surface area contributed by atoms with Crippen LogP contribution in [-0.4, -0.2) is 48.1 Å². The minimum Gasteiger partial charge on any atom is -0.372 e. The molecule has 2 heterocycles. The van der Waals surface area contributed by atoms with Gasteiger partial charge in [-0.05, 0) is 19.9 Å². The molecule has 104 valence electrons. The Hall–Kier alpha value is -1.69. The van der Waals surface area contributed by atoms with E-state index < -0.39 is 5.82 Å². The number of aromatic nitrogens is 1. The molecule has 1 aliphatic heterocycles. The summed E-state index contributed by atoms with van der Waals surface area (Å²) in [5, 5.41) is 2.81. The van der Waals surface area contributed by atoms with E-state index in [1.54, 1.807) is 11.9 Å². The Kier molecular flexibility index (Phi) is 3.71.